The molecule has 0 spiro atoms. The number of hydrogen-bond acceptors (Lipinski definition) is 0. The maximum atomic E-state index is 3.49. The van der Waals surface area contributed by atoms with Gasteiger partial charge in [0.1, 0.15) is 0 Å². The van der Waals surface area contributed by atoms with E-state index in [9.17, 15) is 0 Å². The van der Waals surface area contributed by atoms with E-state index >= 15 is 0 Å². The number of hydrogen-bond donors (Lipinski definition) is 0. The average Bonchev–Trinajstić information content (AvgIpc) is 2.20. The number of benzene rings is 1. The molecule has 1 radical (unpaired) electrons. The van der Waals surface area contributed by atoms with Crippen LogP contribution in [0, 0.1) is 23.8 Å². The Morgan fingerprint density at radius 3 is 1.89 bits per heavy atom. The predicted octanol–water partition coefficient (Wildman–Crippen LogP) is 5.08. The predicted molar refractivity (Wildman–Crippen MR) is 80.9 cm³/mol. The van der Waals surface area contributed by atoms with Crippen molar-refractivity contribution in [3.63, 3.8) is 0 Å². The van der Waals surface area contributed by atoms with Crippen LogP contribution >= 0.6 is 0 Å². The second kappa shape index (κ2) is 6.97. The van der Waals surface area contributed by atoms with Gasteiger partial charge in [-0.15, -0.1) is 0 Å². The summed E-state index contributed by atoms with van der Waals surface area (Å²) in [4.78, 5) is 0. The third-order valence-electron chi connectivity index (χ3n) is 3.15. The highest BCUT2D eigenvalue weighted by Crippen LogP contribution is 2.23. The first-order valence-corrected chi connectivity index (χ1v) is 7.41. The Morgan fingerprint density at radius 1 is 0.833 bits per heavy atom. The lowest BCUT2D eigenvalue weighted by Crippen LogP contribution is -2.08. The number of rotatable bonds is 6. The minimum Gasteiger partial charge on any atom is -0.0625 e. The van der Waals surface area contributed by atoms with E-state index in [4.69, 9.17) is 0 Å². The molecule has 1 rings (SSSR count). The summed E-state index contributed by atoms with van der Waals surface area (Å²) in [6.07, 6.45) is 3.55. The molecule has 101 valence electrons. The maximum Gasteiger partial charge on any atom is -0.0146 e. The third-order valence-corrected chi connectivity index (χ3v) is 3.15. The molecule has 1 aromatic carbocycles. The van der Waals surface area contributed by atoms with Crippen molar-refractivity contribution in [3.8, 4) is 0 Å². The zero-order valence-corrected chi connectivity index (χ0v) is 13.0. The molecule has 0 saturated heterocycles. The van der Waals surface area contributed by atoms with Crippen LogP contribution in [0.2, 0.25) is 0 Å². The fraction of sp³-hybridized carbons (Fsp3) is 0.667. The van der Waals surface area contributed by atoms with Gasteiger partial charge in [0.25, 0.3) is 0 Å². The Morgan fingerprint density at radius 2 is 1.39 bits per heavy atom. The van der Waals surface area contributed by atoms with E-state index in [0.717, 1.165) is 18.3 Å². The van der Waals surface area contributed by atoms with Crippen molar-refractivity contribution < 1.29 is 0 Å². The Kier molecular flexibility index (Phi) is 5.91. The van der Waals surface area contributed by atoms with Crippen LogP contribution in [-0.2, 0) is 19.3 Å². The molecule has 0 aromatic heterocycles. The quantitative estimate of drug-likeness (QED) is 0.655. The summed E-state index contributed by atoms with van der Waals surface area (Å²) in [6.45, 7) is 13.8. The van der Waals surface area contributed by atoms with E-state index in [1.807, 2.05) is 0 Å². The van der Waals surface area contributed by atoms with Crippen molar-refractivity contribution in [1.29, 1.82) is 0 Å². The van der Waals surface area contributed by atoms with Crippen LogP contribution in [0.5, 0.6) is 0 Å². The smallest absolute Gasteiger partial charge is 0.0146 e. The van der Waals surface area contributed by atoms with Gasteiger partial charge in [0.05, 0.1) is 0 Å². The van der Waals surface area contributed by atoms with Gasteiger partial charge < -0.3 is 0 Å². The highest BCUT2D eigenvalue weighted by molar-refractivity contribution is 5.35. The molecule has 0 saturated carbocycles. The molecule has 0 aliphatic heterocycles. The van der Waals surface area contributed by atoms with Crippen LogP contribution in [0.3, 0.4) is 0 Å². The summed E-state index contributed by atoms with van der Waals surface area (Å²) >= 11 is 0. The van der Waals surface area contributed by atoms with Crippen molar-refractivity contribution in [2.24, 2.45) is 17.8 Å². The molecule has 0 aliphatic rings. The highest BCUT2D eigenvalue weighted by Gasteiger charge is 2.12. The molecular formula is C18H29. The molecule has 0 heteroatoms. The molecule has 0 N–H and O–H groups in total. The lowest BCUT2D eigenvalue weighted by atomic mass is 9.86. The van der Waals surface area contributed by atoms with Crippen LogP contribution in [0.25, 0.3) is 0 Å². The Labute approximate surface area is 114 Å². The van der Waals surface area contributed by atoms with E-state index in [1.54, 1.807) is 11.1 Å². The standard InChI is InChI=1S/C18H29/c1-13(2)10-16-8-7-9-17(11-14(3)4)18(16)12-15(5)6/h7-8,13-15H,10-12H2,1-6H3. The molecule has 18 heavy (non-hydrogen) atoms. The lowest BCUT2D eigenvalue weighted by Gasteiger charge is -2.19. The van der Waals surface area contributed by atoms with Gasteiger partial charge in [-0.25, -0.2) is 0 Å². The normalized spacial score (nSPS) is 11.8. The Bertz CT molecular complexity index is 330. The van der Waals surface area contributed by atoms with Crippen molar-refractivity contribution in [1.82, 2.24) is 0 Å². The van der Waals surface area contributed by atoms with E-state index in [2.05, 4.69) is 59.7 Å². The first-order chi connectivity index (χ1) is 8.40. The molecule has 0 heterocycles. The van der Waals surface area contributed by atoms with Crippen molar-refractivity contribution in [2.75, 3.05) is 0 Å². The molecule has 0 fully saturated rings. The van der Waals surface area contributed by atoms with Gasteiger partial charge in [0.15, 0.2) is 0 Å². The summed E-state index contributed by atoms with van der Waals surface area (Å²) in [7, 11) is 0. The van der Waals surface area contributed by atoms with Gasteiger partial charge in [-0.2, -0.15) is 0 Å². The molecule has 0 amide bonds. The topological polar surface area (TPSA) is 0 Å². The van der Waals surface area contributed by atoms with E-state index in [1.165, 1.54) is 18.4 Å². The molecule has 0 bridgehead atoms. The summed E-state index contributed by atoms with van der Waals surface area (Å²) in [5, 5.41) is 0. The monoisotopic (exact) mass is 245 g/mol. The fourth-order valence-electron chi connectivity index (χ4n) is 2.51. The van der Waals surface area contributed by atoms with Crippen LogP contribution in [0.15, 0.2) is 12.1 Å². The SMILES string of the molecule is CC(C)Cc1[c]ccc(CC(C)C)c1CC(C)C. The molecule has 0 atom stereocenters. The molecular weight excluding hydrogens is 216 g/mol. The zero-order valence-electron chi connectivity index (χ0n) is 13.0. The molecule has 1 aromatic rings. The maximum absolute atomic E-state index is 3.49. The second-order valence-electron chi connectivity index (χ2n) is 6.75. The van der Waals surface area contributed by atoms with Gasteiger partial charge in [-0.1, -0.05) is 53.7 Å². The largest absolute Gasteiger partial charge is 0.0625 e. The van der Waals surface area contributed by atoms with Crippen molar-refractivity contribution in [3.05, 3.63) is 34.9 Å². The van der Waals surface area contributed by atoms with Crippen molar-refractivity contribution in [2.45, 2.75) is 60.8 Å². The van der Waals surface area contributed by atoms with Gasteiger partial charge in [-0.05, 0) is 59.8 Å². The Balaban J connectivity index is 3.08. The van der Waals surface area contributed by atoms with E-state index in [-0.39, 0.29) is 0 Å². The molecule has 0 nitrogen and oxygen atoms in total. The zero-order chi connectivity index (χ0) is 13.7. The summed E-state index contributed by atoms with van der Waals surface area (Å²) < 4.78 is 0. The van der Waals surface area contributed by atoms with E-state index in [0.29, 0.717) is 5.92 Å². The summed E-state index contributed by atoms with van der Waals surface area (Å²) in [6, 6.07) is 7.89. The minimum atomic E-state index is 0.710. The Hall–Kier alpha value is -0.780. The minimum absolute atomic E-state index is 0.710. The van der Waals surface area contributed by atoms with Crippen LogP contribution in [0.1, 0.15) is 58.2 Å². The highest BCUT2D eigenvalue weighted by atomic mass is 14.2. The third kappa shape index (κ3) is 4.84. The van der Waals surface area contributed by atoms with Gasteiger partial charge in [0.2, 0.25) is 0 Å². The fourth-order valence-corrected chi connectivity index (χ4v) is 2.51. The molecule has 0 aliphatic carbocycles. The van der Waals surface area contributed by atoms with Gasteiger partial charge >= 0.3 is 0 Å². The first-order valence-electron chi connectivity index (χ1n) is 7.41. The summed E-state index contributed by atoms with van der Waals surface area (Å²) in [5.74, 6) is 2.16. The van der Waals surface area contributed by atoms with Gasteiger partial charge in [-0.3, -0.25) is 0 Å². The van der Waals surface area contributed by atoms with Crippen LogP contribution < -0.4 is 0 Å². The second-order valence-corrected chi connectivity index (χ2v) is 6.75. The first kappa shape index (κ1) is 15.3. The van der Waals surface area contributed by atoms with Gasteiger partial charge in [0, 0.05) is 0 Å². The van der Waals surface area contributed by atoms with E-state index < -0.39 is 0 Å². The van der Waals surface area contributed by atoms with Crippen LogP contribution in [-0.4, -0.2) is 0 Å². The lowest BCUT2D eigenvalue weighted by molar-refractivity contribution is 0.596. The summed E-state index contributed by atoms with van der Waals surface area (Å²) in [5.41, 5.74) is 4.58. The average molecular weight is 245 g/mol. The van der Waals surface area contributed by atoms with Crippen molar-refractivity contribution >= 4 is 0 Å². The molecule has 0 unspecified atom stereocenters. The van der Waals surface area contributed by atoms with Crippen LogP contribution in [0.4, 0.5) is 0 Å².